The molecule has 0 aromatic carbocycles. The predicted octanol–water partition coefficient (Wildman–Crippen LogP) is 0.354. The van der Waals surface area contributed by atoms with Crippen LogP contribution in [0.2, 0.25) is 0 Å². The van der Waals surface area contributed by atoms with Crippen LogP contribution >= 0.6 is 0 Å². The highest BCUT2D eigenvalue weighted by molar-refractivity contribution is 5.05. The van der Waals surface area contributed by atoms with Crippen molar-refractivity contribution < 1.29 is 5.06 Å². The van der Waals surface area contributed by atoms with Gasteiger partial charge in [-0.1, -0.05) is 13.5 Å². The third kappa shape index (κ3) is 1.22. The van der Waals surface area contributed by atoms with Crippen molar-refractivity contribution in [2.75, 3.05) is 6.54 Å². The Bertz CT molecular complexity index is 144. The Labute approximate surface area is 62.1 Å². The lowest BCUT2D eigenvalue weighted by Gasteiger charge is -2.37. The van der Waals surface area contributed by atoms with Crippen molar-refractivity contribution in [1.82, 2.24) is 0 Å². The van der Waals surface area contributed by atoms with Crippen molar-refractivity contribution >= 4 is 0 Å². The normalized spacial score (nSPS) is 41.9. The standard InChI is InChI=1S/C8H15NO/c1-6-4-5-9(10)8(3)7(6)2/h6,8-9H,2,4-5H2,1,3H3. The van der Waals surface area contributed by atoms with E-state index in [2.05, 4.69) is 13.5 Å². The van der Waals surface area contributed by atoms with Crippen LogP contribution in [0, 0.1) is 11.1 Å². The molecule has 0 amide bonds. The molecular weight excluding hydrogens is 126 g/mol. The minimum absolute atomic E-state index is 0.115. The molecule has 2 heteroatoms. The molecule has 10 heavy (non-hydrogen) atoms. The molecule has 0 bridgehead atoms. The van der Waals surface area contributed by atoms with Gasteiger partial charge in [0.1, 0.15) is 6.04 Å². The number of hydrogen-bond acceptors (Lipinski definition) is 1. The first-order valence-electron chi connectivity index (χ1n) is 3.84. The van der Waals surface area contributed by atoms with Crippen molar-refractivity contribution in [1.29, 1.82) is 0 Å². The smallest absolute Gasteiger partial charge is 0.106 e. The summed E-state index contributed by atoms with van der Waals surface area (Å²) >= 11 is 0. The minimum atomic E-state index is 0.115. The van der Waals surface area contributed by atoms with Crippen LogP contribution < -0.4 is 5.06 Å². The first-order chi connectivity index (χ1) is 4.63. The number of hydrogen-bond donors (Lipinski definition) is 1. The Kier molecular flexibility index (Phi) is 2.11. The van der Waals surface area contributed by atoms with Crippen LogP contribution in [0.1, 0.15) is 20.3 Å². The summed E-state index contributed by atoms with van der Waals surface area (Å²) < 4.78 is 0. The maximum atomic E-state index is 11.1. The zero-order valence-corrected chi connectivity index (χ0v) is 6.68. The lowest BCUT2D eigenvalue weighted by atomic mass is 9.90. The summed E-state index contributed by atoms with van der Waals surface area (Å²) in [5.74, 6) is 0.549. The lowest BCUT2D eigenvalue weighted by Crippen LogP contribution is -3.12. The van der Waals surface area contributed by atoms with Crippen LogP contribution in [0.25, 0.3) is 0 Å². The summed E-state index contributed by atoms with van der Waals surface area (Å²) in [6, 6.07) is 0.115. The van der Waals surface area contributed by atoms with Crippen LogP contribution in [-0.4, -0.2) is 12.6 Å². The zero-order chi connectivity index (χ0) is 7.72. The molecule has 1 aliphatic heterocycles. The van der Waals surface area contributed by atoms with Crippen LogP contribution in [0.5, 0.6) is 0 Å². The molecule has 1 heterocycles. The van der Waals surface area contributed by atoms with Gasteiger partial charge in [-0.2, -0.15) is 0 Å². The van der Waals surface area contributed by atoms with E-state index in [1.54, 1.807) is 0 Å². The molecular formula is C8H15NO. The van der Waals surface area contributed by atoms with E-state index in [0.717, 1.165) is 18.5 Å². The highest BCUT2D eigenvalue weighted by Crippen LogP contribution is 2.16. The molecule has 0 saturated carbocycles. The van der Waals surface area contributed by atoms with Crippen molar-refractivity contribution in [3.8, 4) is 0 Å². The van der Waals surface area contributed by atoms with Gasteiger partial charge in [-0.25, -0.2) is 0 Å². The predicted molar refractivity (Wildman–Crippen MR) is 41.6 cm³/mol. The Morgan fingerprint density at radius 3 is 2.70 bits per heavy atom. The average Bonchev–Trinajstić information content (AvgIpc) is 1.93. The van der Waals surface area contributed by atoms with E-state index < -0.39 is 0 Å². The number of nitrogens with one attached hydrogen (secondary N) is 1. The fourth-order valence-corrected chi connectivity index (χ4v) is 1.39. The van der Waals surface area contributed by atoms with E-state index in [9.17, 15) is 5.21 Å². The van der Waals surface area contributed by atoms with E-state index in [-0.39, 0.29) is 6.04 Å². The summed E-state index contributed by atoms with van der Waals surface area (Å²) in [4.78, 5) is 0. The van der Waals surface area contributed by atoms with Crippen molar-refractivity contribution in [2.45, 2.75) is 26.3 Å². The summed E-state index contributed by atoms with van der Waals surface area (Å²) in [5, 5.41) is 11.5. The molecule has 3 atom stereocenters. The fraction of sp³-hybridized carbons (Fsp3) is 0.750. The van der Waals surface area contributed by atoms with Crippen LogP contribution in [0.15, 0.2) is 12.2 Å². The summed E-state index contributed by atoms with van der Waals surface area (Å²) in [6.07, 6.45) is 1.00. The zero-order valence-electron chi connectivity index (χ0n) is 6.68. The second kappa shape index (κ2) is 2.72. The van der Waals surface area contributed by atoms with E-state index in [1.807, 2.05) is 6.92 Å². The van der Waals surface area contributed by atoms with E-state index >= 15 is 0 Å². The number of quaternary nitrogens is 1. The van der Waals surface area contributed by atoms with Crippen molar-refractivity contribution in [3.05, 3.63) is 17.4 Å². The molecule has 0 aromatic heterocycles. The quantitative estimate of drug-likeness (QED) is 0.382. The summed E-state index contributed by atoms with van der Waals surface area (Å²) in [5.41, 5.74) is 1.12. The van der Waals surface area contributed by atoms with E-state index in [0.29, 0.717) is 11.0 Å². The van der Waals surface area contributed by atoms with Gasteiger partial charge in [0.15, 0.2) is 0 Å². The van der Waals surface area contributed by atoms with Crippen LogP contribution in [-0.2, 0) is 0 Å². The molecule has 1 saturated heterocycles. The molecule has 1 fully saturated rings. The Morgan fingerprint density at radius 1 is 1.60 bits per heavy atom. The van der Waals surface area contributed by atoms with E-state index in [4.69, 9.17) is 0 Å². The molecule has 0 aromatic rings. The molecule has 2 nitrogen and oxygen atoms in total. The Hall–Kier alpha value is -0.340. The number of piperidine rings is 1. The van der Waals surface area contributed by atoms with Crippen molar-refractivity contribution in [3.63, 3.8) is 0 Å². The summed E-state index contributed by atoms with van der Waals surface area (Å²) in [6.45, 7) is 8.76. The van der Waals surface area contributed by atoms with Gasteiger partial charge in [0.2, 0.25) is 0 Å². The monoisotopic (exact) mass is 141 g/mol. The van der Waals surface area contributed by atoms with Crippen LogP contribution in [0.3, 0.4) is 0 Å². The van der Waals surface area contributed by atoms with Gasteiger partial charge in [0.05, 0.1) is 6.54 Å². The molecule has 1 aliphatic rings. The Morgan fingerprint density at radius 2 is 2.20 bits per heavy atom. The first kappa shape index (κ1) is 7.76. The van der Waals surface area contributed by atoms with Gasteiger partial charge in [-0.05, 0) is 18.4 Å². The number of rotatable bonds is 0. The van der Waals surface area contributed by atoms with E-state index in [1.165, 1.54) is 0 Å². The van der Waals surface area contributed by atoms with Gasteiger partial charge in [0.25, 0.3) is 0 Å². The molecule has 0 spiro atoms. The number of hydroxylamine groups is 2. The molecule has 0 radical (unpaired) electrons. The average molecular weight is 141 g/mol. The SMILES string of the molecule is C=C1C(C)CC[NH+]([O-])C1C. The van der Waals surface area contributed by atoms with Gasteiger partial charge in [-0.3, -0.25) is 0 Å². The minimum Gasteiger partial charge on any atom is -0.634 e. The largest absolute Gasteiger partial charge is 0.634 e. The second-order valence-electron chi connectivity index (χ2n) is 3.20. The Balaban J connectivity index is 2.60. The molecule has 3 unspecified atom stereocenters. The topological polar surface area (TPSA) is 27.5 Å². The fourth-order valence-electron chi connectivity index (χ4n) is 1.39. The molecule has 1 rings (SSSR count). The third-order valence-electron chi connectivity index (χ3n) is 2.50. The highest BCUT2D eigenvalue weighted by Gasteiger charge is 2.24. The van der Waals surface area contributed by atoms with Crippen LogP contribution in [0.4, 0.5) is 0 Å². The second-order valence-corrected chi connectivity index (χ2v) is 3.20. The lowest BCUT2D eigenvalue weighted by molar-refractivity contribution is -0.872. The maximum absolute atomic E-state index is 11.1. The molecule has 0 aliphatic carbocycles. The first-order valence-corrected chi connectivity index (χ1v) is 3.84. The van der Waals surface area contributed by atoms with Gasteiger partial charge in [0, 0.05) is 6.42 Å². The summed E-state index contributed by atoms with van der Waals surface area (Å²) in [7, 11) is 0. The van der Waals surface area contributed by atoms with Gasteiger partial charge in [-0.15, -0.1) is 0 Å². The maximum Gasteiger partial charge on any atom is 0.106 e. The third-order valence-corrected chi connectivity index (χ3v) is 2.50. The van der Waals surface area contributed by atoms with Gasteiger partial charge >= 0.3 is 0 Å². The molecule has 58 valence electrons. The van der Waals surface area contributed by atoms with Crippen molar-refractivity contribution in [2.24, 2.45) is 5.92 Å². The van der Waals surface area contributed by atoms with Gasteiger partial charge < -0.3 is 10.3 Å². The highest BCUT2D eigenvalue weighted by atomic mass is 16.5. The molecule has 1 N–H and O–H groups in total.